The minimum absolute atomic E-state index is 0.0730. The van der Waals surface area contributed by atoms with E-state index >= 15 is 8.78 Å². The fourth-order valence-corrected chi connectivity index (χ4v) is 5.32. The van der Waals surface area contributed by atoms with Crippen molar-refractivity contribution in [1.29, 1.82) is 0 Å². The predicted molar refractivity (Wildman–Crippen MR) is 141 cm³/mol. The summed E-state index contributed by atoms with van der Waals surface area (Å²) in [6.45, 7) is 4.38. The van der Waals surface area contributed by atoms with E-state index in [9.17, 15) is 19.5 Å². The minimum atomic E-state index is -1.51. The van der Waals surface area contributed by atoms with E-state index in [1.165, 1.54) is 4.57 Å². The number of pyridine rings is 1. The van der Waals surface area contributed by atoms with Crippen LogP contribution in [0.4, 0.5) is 20.2 Å². The molecule has 2 aromatic carbocycles. The molecule has 2 aliphatic rings. The summed E-state index contributed by atoms with van der Waals surface area (Å²) in [6, 6.07) is 6.11. The summed E-state index contributed by atoms with van der Waals surface area (Å²) in [7, 11) is 0. The van der Waals surface area contributed by atoms with Crippen molar-refractivity contribution >= 4 is 45.8 Å². The molecule has 200 valence electrons. The fraction of sp³-hybridized carbons (Fsp3) is 0.370. The molecule has 0 spiro atoms. The molecular formula is C27H27ClF2N4O4. The lowest BCUT2D eigenvalue weighted by atomic mass is 10.0. The Kier molecular flexibility index (Phi) is 6.87. The van der Waals surface area contributed by atoms with Gasteiger partial charge in [-0.25, -0.2) is 13.6 Å². The summed E-state index contributed by atoms with van der Waals surface area (Å²) in [6.07, 6.45) is 2.27. The van der Waals surface area contributed by atoms with Crippen molar-refractivity contribution in [2.45, 2.75) is 51.2 Å². The number of anilines is 2. The number of carboxylic acid groups (broad SMARTS) is 1. The second-order valence-corrected chi connectivity index (χ2v) is 10.6. The van der Waals surface area contributed by atoms with Crippen LogP contribution >= 0.6 is 11.6 Å². The van der Waals surface area contributed by atoms with Crippen molar-refractivity contribution in [2.24, 2.45) is 0 Å². The zero-order valence-electron chi connectivity index (χ0n) is 20.9. The molecule has 0 radical (unpaired) electrons. The van der Waals surface area contributed by atoms with Gasteiger partial charge >= 0.3 is 5.97 Å². The van der Waals surface area contributed by atoms with E-state index in [4.69, 9.17) is 11.6 Å². The molecule has 11 heteroatoms. The first-order valence-electron chi connectivity index (χ1n) is 12.4. The fourth-order valence-electron chi connectivity index (χ4n) is 5.19. The van der Waals surface area contributed by atoms with Crippen molar-refractivity contribution in [1.82, 2.24) is 9.88 Å². The van der Waals surface area contributed by atoms with Crippen molar-refractivity contribution in [3.63, 3.8) is 0 Å². The number of carbonyl (C=O) groups is 2. The van der Waals surface area contributed by atoms with Gasteiger partial charge < -0.3 is 25.2 Å². The molecule has 1 saturated heterocycles. The van der Waals surface area contributed by atoms with Gasteiger partial charge in [-0.3, -0.25) is 9.59 Å². The lowest BCUT2D eigenvalue weighted by Crippen LogP contribution is -2.54. The largest absolute Gasteiger partial charge is 0.477 e. The number of piperazine rings is 1. The predicted octanol–water partition coefficient (Wildman–Crippen LogP) is 4.33. The number of amides is 1. The highest BCUT2D eigenvalue weighted by Gasteiger charge is 2.35. The molecule has 1 saturated carbocycles. The molecule has 2 fully saturated rings. The molecule has 8 nitrogen and oxygen atoms in total. The topological polar surface area (TPSA) is 104 Å². The summed E-state index contributed by atoms with van der Waals surface area (Å²) in [5.41, 5.74) is -2.16. The Morgan fingerprint density at radius 1 is 1.11 bits per heavy atom. The molecule has 38 heavy (non-hydrogen) atoms. The number of rotatable bonds is 6. The number of halogens is 3. The van der Waals surface area contributed by atoms with Crippen LogP contribution < -0.4 is 21.0 Å². The molecule has 3 N–H and O–H groups in total. The Balaban J connectivity index is 1.73. The van der Waals surface area contributed by atoms with Gasteiger partial charge in [-0.2, -0.15) is 0 Å². The number of carbonyl (C=O) groups excluding carboxylic acids is 1. The van der Waals surface area contributed by atoms with Crippen LogP contribution in [0.1, 0.15) is 48.7 Å². The third kappa shape index (κ3) is 4.86. The van der Waals surface area contributed by atoms with Crippen molar-refractivity contribution in [3.8, 4) is 0 Å². The van der Waals surface area contributed by atoms with E-state index < -0.39 is 45.6 Å². The van der Waals surface area contributed by atoms with Gasteiger partial charge in [-0.15, -0.1) is 0 Å². The van der Waals surface area contributed by atoms with Crippen LogP contribution in [-0.4, -0.2) is 46.7 Å². The SMILES string of the molecule is CC1CN(c2c(F)c(NC(=O)Cc3ccc(Cl)cc3)c3c(=O)c(C(=O)O)cn(C4CC4)c3c2F)CC(C)N1. The Morgan fingerprint density at radius 2 is 1.74 bits per heavy atom. The van der Waals surface area contributed by atoms with E-state index in [0.29, 0.717) is 36.5 Å². The average Bonchev–Trinajstić information content (AvgIpc) is 3.68. The Hall–Kier alpha value is -3.50. The standard InChI is InChI=1S/C27H27ClF2N4O4/c1-13-10-33(11-14(2)31-13)25-21(29)23(32-19(35)9-15-3-5-16(28)6-4-15)20-24(22(25)30)34(17-7-8-17)12-18(26(20)36)27(37)38/h3-6,12-14,17,31H,7-11H2,1-2H3,(H,32,35)(H,37,38). The van der Waals surface area contributed by atoms with Crippen LogP contribution in [-0.2, 0) is 11.2 Å². The van der Waals surface area contributed by atoms with Gasteiger partial charge in [-0.05, 0) is 44.4 Å². The zero-order chi connectivity index (χ0) is 27.3. The molecular weight excluding hydrogens is 518 g/mol. The maximum Gasteiger partial charge on any atom is 0.341 e. The molecule has 2 heterocycles. The van der Waals surface area contributed by atoms with E-state index in [1.54, 1.807) is 29.2 Å². The quantitative estimate of drug-likeness (QED) is 0.427. The molecule has 2 atom stereocenters. The van der Waals surface area contributed by atoms with E-state index in [-0.39, 0.29) is 35.8 Å². The van der Waals surface area contributed by atoms with Gasteiger partial charge in [-0.1, -0.05) is 23.7 Å². The Morgan fingerprint density at radius 3 is 2.32 bits per heavy atom. The molecule has 5 rings (SSSR count). The van der Waals surface area contributed by atoms with E-state index in [1.807, 2.05) is 13.8 Å². The maximum absolute atomic E-state index is 16.3. The van der Waals surface area contributed by atoms with Gasteiger partial charge in [0.1, 0.15) is 11.3 Å². The molecule has 1 aliphatic heterocycles. The molecule has 1 amide bonds. The highest BCUT2D eigenvalue weighted by atomic mass is 35.5. The smallest absolute Gasteiger partial charge is 0.341 e. The second kappa shape index (κ2) is 9.99. The number of hydrogen-bond acceptors (Lipinski definition) is 5. The van der Waals surface area contributed by atoms with Crippen molar-refractivity contribution in [2.75, 3.05) is 23.3 Å². The number of nitrogens with zero attached hydrogens (tertiary/aromatic N) is 2. The summed E-state index contributed by atoms with van der Waals surface area (Å²) in [5, 5.41) is 15.5. The van der Waals surface area contributed by atoms with Crippen LogP contribution in [0.15, 0.2) is 35.3 Å². The third-order valence-corrected chi connectivity index (χ3v) is 7.17. The first-order valence-corrected chi connectivity index (χ1v) is 12.8. The van der Waals surface area contributed by atoms with E-state index in [2.05, 4.69) is 10.6 Å². The van der Waals surface area contributed by atoms with Crippen LogP contribution in [0.2, 0.25) is 5.02 Å². The van der Waals surface area contributed by atoms with Gasteiger partial charge in [0.2, 0.25) is 11.3 Å². The number of benzene rings is 2. The molecule has 3 aromatic rings. The maximum atomic E-state index is 16.3. The number of carboxylic acids is 1. The molecule has 1 aliphatic carbocycles. The highest BCUT2D eigenvalue weighted by Crippen LogP contribution is 2.42. The van der Waals surface area contributed by atoms with Gasteiger partial charge in [0.05, 0.1) is 23.0 Å². The Labute approximate surface area is 222 Å². The van der Waals surface area contributed by atoms with Gasteiger partial charge in [0.25, 0.3) is 0 Å². The highest BCUT2D eigenvalue weighted by molar-refractivity contribution is 6.30. The number of fused-ring (bicyclic) bond motifs is 1. The zero-order valence-corrected chi connectivity index (χ0v) is 21.6. The summed E-state index contributed by atoms with van der Waals surface area (Å²) in [5.74, 6) is -4.22. The molecule has 2 unspecified atom stereocenters. The molecule has 1 aromatic heterocycles. The summed E-state index contributed by atoms with van der Waals surface area (Å²) >= 11 is 5.91. The monoisotopic (exact) mass is 544 g/mol. The number of nitrogens with one attached hydrogen (secondary N) is 2. The van der Waals surface area contributed by atoms with Crippen LogP contribution in [0.3, 0.4) is 0 Å². The second-order valence-electron chi connectivity index (χ2n) is 10.1. The first-order chi connectivity index (χ1) is 18.0. The summed E-state index contributed by atoms with van der Waals surface area (Å²) in [4.78, 5) is 39.9. The minimum Gasteiger partial charge on any atom is -0.477 e. The van der Waals surface area contributed by atoms with Crippen LogP contribution in [0.5, 0.6) is 0 Å². The number of aromatic nitrogens is 1. The van der Waals surface area contributed by atoms with Gasteiger partial charge in [0, 0.05) is 42.4 Å². The normalized spacial score (nSPS) is 19.6. The summed E-state index contributed by atoms with van der Waals surface area (Å²) < 4.78 is 34.0. The van der Waals surface area contributed by atoms with Crippen molar-refractivity contribution in [3.05, 3.63) is 68.5 Å². The lowest BCUT2D eigenvalue weighted by Gasteiger charge is -2.38. The van der Waals surface area contributed by atoms with Crippen LogP contribution in [0.25, 0.3) is 10.9 Å². The van der Waals surface area contributed by atoms with Crippen LogP contribution in [0, 0.1) is 11.6 Å². The third-order valence-electron chi connectivity index (χ3n) is 6.91. The van der Waals surface area contributed by atoms with Crippen molar-refractivity contribution < 1.29 is 23.5 Å². The lowest BCUT2D eigenvalue weighted by molar-refractivity contribution is -0.115. The average molecular weight is 545 g/mol. The number of aromatic carboxylic acids is 1. The molecule has 0 bridgehead atoms. The van der Waals surface area contributed by atoms with Gasteiger partial charge in [0.15, 0.2) is 11.6 Å². The number of hydrogen-bond donors (Lipinski definition) is 3. The first kappa shape index (κ1) is 26.1. The van der Waals surface area contributed by atoms with E-state index in [0.717, 1.165) is 6.20 Å². The Bertz CT molecular complexity index is 1490.